The Hall–Kier alpha value is -3.28. The molecular weight excluding hydrogens is 466 g/mol. The first kappa shape index (κ1) is 28.3. The number of Topliss-reactive ketones (excluding diaryl/α,β-unsaturated/α-hetero) is 2. The van der Waals surface area contributed by atoms with Gasteiger partial charge in [0.15, 0.2) is 5.78 Å². The number of carbonyl (C=O) groups excluding carboxylic acids is 4. The quantitative estimate of drug-likeness (QED) is 0.239. The molecule has 0 spiro atoms. The molecule has 1 amide bonds. The molecule has 0 saturated heterocycles. The number of esters is 1. The summed E-state index contributed by atoms with van der Waals surface area (Å²) in [6.45, 7) is 6.69. The Morgan fingerprint density at radius 3 is 2.43 bits per heavy atom. The lowest BCUT2D eigenvalue weighted by molar-refractivity contribution is -0.143. The second kappa shape index (κ2) is 13.9. The molecule has 0 aliphatic heterocycles. The van der Waals surface area contributed by atoms with Gasteiger partial charge in [-0.2, -0.15) is 0 Å². The smallest absolute Gasteiger partial charge is 0.305 e. The molecule has 0 saturated carbocycles. The van der Waals surface area contributed by atoms with Crippen molar-refractivity contribution in [1.29, 1.82) is 0 Å². The van der Waals surface area contributed by atoms with Crippen molar-refractivity contribution >= 4 is 23.4 Å². The summed E-state index contributed by atoms with van der Waals surface area (Å²) >= 11 is 0. The van der Waals surface area contributed by atoms with Gasteiger partial charge < -0.3 is 10.1 Å². The van der Waals surface area contributed by atoms with Gasteiger partial charge >= 0.3 is 5.97 Å². The fraction of sp³-hybridized carbons (Fsp3) is 0.484. The van der Waals surface area contributed by atoms with E-state index in [1.165, 1.54) is 0 Å². The zero-order chi connectivity index (χ0) is 26.8. The minimum absolute atomic E-state index is 0.0151. The Kier molecular flexibility index (Phi) is 10.6. The molecule has 2 aromatic carbocycles. The normalized spacial score (nSPS) is 13.5. The third-order valence-corrected chi connectivity index (χ3v) is 6.82. The second-order valence-corrected chi connectivity index (χ2v) is 9.73. The largest absolute Gasteiger partial charge is 0.465 e. The summed E-state index contributed by atoms with van der Waals surface area (Å²) in [6.07, 6.45) is 5.00. The van der Waals surface area contributed by atoms with Gasteiger partial charge in [0.25, 0.3) is 0 Å². The van der Waals surface area contributed by atoms with E-state index in [4.69, 9.17) is 4.74 Å². The summed E-state index contributed by atoms with van der Waals surface area (Å²) in [5, 5.41) is 2.84. The van der Waals surface area contributed by atoms with Crippen LogP contribution in [0.25, 0.3) is 11.1 Å². The highest BCUT2D eigenvalue weighted by atomic mass is 16.5. The van der Waals surface area contributed by atoms with Gasteiger partial charge in [0.1, 0.15) is 12.4 Å². The number of carbonyl (C=O) groups is 4. The third kappa shape index (κ3) is 7.37. The summed E-state index contributed by atoms with van der Waals surface area (Å²) in [5.41, 5.74) is 5.46. The summed E-state index contributed by atoms with van der Waals surface area (Å²) in [5.74, 6) is -0.254. The number of rotatable bonds is 15. The average Bonchev–Trinajstić information content (AvgIpc) is 3.21. The van der Waals surface area contributed by atoms with Crippen LogP contribution < -0.4 is 5.32 Å². The van der Waals surface area contributed by atoms with Crippen LogP contribution in [0.2, 0.25) is 0 Å². The number of nitrogens with one attached hydrogen (secondary N) is 1. The summed E-state index contributed by atoms with van der Waals surface area (Å²) in [7, 11) is 0. The SMILES string of the molecule is CCCCC(=O)c1cccc2c1-c1ccc(CC(=O)CCCC(=O)NCCC)cc1C2COC(=O)CC. The van der Waals surface area contributed by atoms with Gasteiger partial charge in [-0.05, 0) is 47.1 Å². The van der Waals surface area contributed by atoms with Gasteiger partial charge in [-0.1, -0.05) is 63.6 Å². The van der Waals surface area contributed by atoms with E-state index in [-0.39, 0.29) is 42.4 Å². The lowest BCUT2D eigenvalue weighted by atomic mass is 9.93. The first-order valence-corrected chi connectivity index (χ1v) is 13.6. The van der Waals surface area contributed by atoms with Gasteiger partial charge in [0, 0.05) is 50.1 Å². The van der Waals surface area contributed by atoms with Crippen molar-refractivity contribution in [3.63, 3.8) is 0 Å². The number of fused-ring (bicyclic) bond motifs is 3. The highest BCUT2D eigenvalue weighted by molar-refractivity contribution is 6.04. The van der Waals surface area contributed by atoms with E-state index >= 15 is 0 Å². The summed E-state index contributed by atoms with van der Waals surface area (Å²) in [4.78, 5) is 49.5. The summed E-state index contributed by atoms with van der Waals surface area (Å²) < 4.78 is 5.55. The highest BCUT2D eigenvalue weighted by Gasteiger charge is 2.33. The van der Waals surface area contributed by atoms with Crippen LogP contribution in [0.3, 0.4) is 0 Å². The Morgan fingerprint density at radius 2 is 1.70 bits per heavy atom. The Balaban J connectivity index is 1.82. The maximum atomic E-state index is 13.1. The maximum Gasteiger partial charge on any atom is 0.305 e. The molecule has 3 rings (SSSR count). The number of unbranched alkanes of at least 4 members (excludes halogenated alkanes) is 1. The molecule has 1 unspecified atom stereocenters. The van der Waals surface area contributed by atoms with Crippen LogP contribution in [0.15, 0.2) is 36.4 Å². The van der Waals surface area contributed by atoms with Crippen LogP contribution in [0.5, 0.6) is 0 Å². The van der Waals surface area contributed by atoms with Gasteiger partial charge in [0.2, 0.25) is 5.91 Å². The van der Waals surface area contributed by atoms with Crippen molar-refractivity contribution in [1.82, 2.24) is 5.32 Å². The van der Waals surface area contributed by atoms with Crippen LogP contribution in [0.4, 0.5) is 0 Å². The molecule has 6 nitrogen and oxygen atoms in total. The fourth-order valence-corrected chi connectivity index (χ4v) is 4.84. The number of ether oxygens (including phenoxy) is 1. The first-order valence-electron chi connectivity index (χ1n) is 13.6. The van der Waals surface area contributed by atoms with Crippen molar-refractivity contribution in [2.24, 2.45) is 0 Å². The van der Waals surface area contributed by atoms with E-state index in [0.717, 1.165) is 47.1 Å². The molecule has 1 atom stereocenters. The van der Waals surface area contributed by atoms with E-state index in [9.17, 15) is 19.2 Å². The van der Waals surface area contributed by atoms with E-state index in [0.29, 0.717) is 44.2 Å². The monoisotopic (exact) mass is 505 g/mol. The van der Waals surface area contributed by atoms with Crippen molar-refractivity contribution in [3.8, 4) is 11.1 Å². The molecule has 37 heavy (non-hydrogen) atoms. The predicted molar refractivity (Wildman–Crippen MR) is 145 cm³/mol. The first-order chi connectivity index (χ1) is 17.9. The van der Waals surface area contributed by atoms with E-state index < -0.39 is 0 Å². The Labute approximate surface area is 220 Å². The van der Waals surface area contributed by atoms with Crippen LogP contribution >= 0.6 is 0 Å². The standard InChI is InChI=1S/C31H39NO5/c1-4-7-13-28(34)25-12-9-11-23-27(20-37-30(36)6-3)26-19-21(15-16-24(26)31(23)25)18-22(33)10-8-14-29(35)32-17-5-2/h9,11-12,15-16,19,27H,4-8,10,13-14,17-18,20H2,1-3H3,(H,32,35). The molecule has 2 aromatic rings. The maximum absolute atomic E-state index is 13.1. The molecule has 198 valence electrons. The molecule has 0 aromatic heterocycles. The Morgan fingerprint density at radius 1 is 0.892 bits per heavy atom. The minimum atomic E-state index is -0.264. The molecule has 1 aliphatic carbocycles. The van der Waals surface area contributed by atoms with E-state index in [1.807, 2.05) is 43.3 Å². The predicted octanol–water partition coefficient (Wildman–Crippen LogP) is 5.93. The van der Waals surface area contributed by atoms with Gasteiger partial charge in [-0.3, -0.25) is 19.2 Å². The molecule has 0 heterocycles. The van der Waals surface area contributed by atoms with E-state index in [1.54, 1.807) is 6.92 Å². The zero-order valence-corrected chi connectivity index (χ0v) is 22.4. The van der Waals surface area contributed by atoms with Crippen LogP contribution in [0.1, 0.15) is 105 Å². The fourth-order valence-electron chi connectivity index (χ4n) is 4.84. The third-order valence-electron chi connectivity index (χ3n) is 6.82. The van der Waals surface area contributed by atoms with Crippen molar-refractivity contribution in [2.45, 2.75) is 84.5 Å². The second-order valence-electron chi connectivity index (χ2n) is 9.73. The molecule has 0 bridgehead atoms. The number of ketones is 2. The van der Waals surface area contributed by atoms with Crippen molar-refractivity contribution in [3.05, 3.63) is 58.7 Å². The van der Waals surface area contributed by atoms with Crippen LogP contribution in [-0.4, -0.2) is 36.6 Å². The number of amides is 1. The van der Waals surface area contributed by atoms with E-state index in [2.05, 4.69) is 12.2 Å². The summed E-state index contributed by atoms with van der Waals surface area (Å²) in [6, 6.07) is 11.8. The van der Waals surface area contributed by atoms with Crippen LogP contribution in [-0.2, 0) is 25.5 Å². The molecule has 0 fully saturated rings. The lowest BCUT2D eigenvalue weighted by Gasteiger charge is -2.15. The zero-order valence-electron chi connectivity index (χ0n) is 22.4. The number of hydrogen-bond donors (Lipinski definition) is 1. The van der Waals surface area contributed by atoms with Crippen molar-refractivity contribution in [2.75, 3.05) is 13.2 Å². The molecule has 1 N–H and O–H groups in total. The Bertz CT molecular complexity index is 1140. The highest BCUT2D eigenvalue weighted by Crippen LogP contribution is 2.47. The number of hydrogen-bond acceptors (Lipinski definition) is 5. The number of benzene rings is 2. The molecule has 6 heteroatoms. The lowest BCUT2D eigenvalue weighted by Crippen LogP contribution is -2.23. The minimum Gasteiger partial charge on any atom is -0.465 e. The van der Waals surface area contributed by atoms with Gasteiger partial charge in [0.05, 0.1) is 0 Å². The van der Waals surface area contributed by atoms with Crippen molar-refractivity contribution < 1.29 is 23.9 Å². The molecular formula is C31H39NO5. The van der Waals surface area contributed by atoms with Gasteiger partial charge in [-0.15, -0.1) is 0 Å². The van der Waals surface area contributed by atoms with Crippen LogP contribution in [0, 0.1) is 0 Å². The van der Waals surface area contributed by atoms with Gasteiger partial charge in [-0.25, -0.2) is 0 Å². The topological polar surface area (TPSA) is 89.5 Å². The molecule has 0 radical (unpaired) electrons. The molecule has 1 aliphatic rings. The average molecular weight is 506 g/mol.